The van der Waals surface area contributed by atoms with Crippen LogP contribution in [0.4, 0.5) is 4.39 Å². The minimum Gasteiger partial charge on any atom is -0.256 e. The van der Waals surface area contributed by atoms with E-state index in [1.54, 1.807) is 18.3 Å². The normalized spacial score (nSPS) is 10.6. The van der Waals surface area contributed by atoms with E-state index >= 15 is 0 Å². The zero-order valence-electron chi connectivity index (χ0n) is 8.97. The number of aromatic nitrogens is 2. The molecule has 0 bridgehead atoms. The molecule has 0 N–H and O–H groups in total. The van der Waals surface area contributed by atoms with Crippen LogP contribution in [0.3, 0.4) is 0 Å². The maximum absolute atomic E-state index is 13.5. The van der Waals surface area contributed by atoms with Gasteiger partial charge in [0.15, 0.2) is 0 Å². The summed E-state index contributed by atoms with van der Waals surface area (Å²) in [7, 11) is 0. The van der Waals surface area contributed by atoms with Crippen molar-refractivity contribution in [1.29, 1.82) is 0 Å². The molecule has 82 valence electrons. The van der Waals surface area contributed by atoms with Crippen molar-refractivity contribution < 1.29 is 4.39 Å². The minimum atomic E-state index is -0.468. The van der Waals surface area contributed by atoms with Crippen LogP contribution in [0.25, 0.3) is 22.0 Å². The van der Waals surface area contributed by atoms with Crippen LogP contribution in [-0.4, -0.2) is 9.97 Å². The Labute approximate surface area is 97.8 Å². The monoisotopic (exact) mass is 224 g/mol. The second-order valence-corrected chi connectivity index (χ2v) is 3.76. The largest absolute Gasteiger partial charge is 0.256 e. The highest BCUT2D eigenvalue weighted by molar-refractivity contribution is 5.83. The summed E-state index contributed by atoms with van der Waals surface area (Å²) in [5, 5.41) is 0.994. The SMILES string of the molecule is Fc1ncccc1-c1cnc2ccccc2c1. The summed E-state index contributed by atoms with van der Waals surface area (Å²) in [5.41, 5.74) is 2.13. The summed E-state index contributed by atoms with van der Waals surface area (Å²) in [4.78, 5) is 7.95. The third-order valence-corrected chi connectivity index (χ3v) is 2.66. The highest BCUT2D eigenvalue weighted by Gasteiger charge is 2.06. The number of para-hydroxylation sites is 1. The number of hydrogen-bond acceptors (Lipinski definition) is 2. The summed E-state index contributed by atoms with van der Waals surface area (Å²) in [5.74, 6) is -0.468. The zero-order valence-corrected chi connectivity index (χ0v) is 8.97. The lowest BCUT2D eigenvalue weighted by molar-refractivity contribution is 0.587. The molecule has 0 atom stereocenters. The van der Waals surface area contributed by atoms with Gasteiger partial charge in [0, 0.05) is 28.9 Å². The number of benzene rings is 1. The van der Waals surface area contributed by atoms with Crippen molar-refractivity contribution >= 4 is 10.9 Å². The second-order valence-electron chi connectivity index (χ2n) is 3.76. The average Bonchev–Trinajstić information content (AvgIpc) is 2.39. The first-order valence-corrected chi connectivity index (χ1v) is 5.30. The molecule has 0 aliphatic rings. The van der Waals surface area contributed by atoms with E-state index < -0.39 is 5.95 Å². The number of halogens is 1. The maximum Gasteiger partial charge on any atom is 0.220 e. The molecule has 0 spiro atoms. The van der Waals surface area contributed by atoms with Crippen LogP contribution in [0.1, 0.15) is 0 Å². The number of nitrogens with zero attached hydrogens (tertiary/aromatic N) is 2. The Hall–Kier alpha value is -2.29. The molecule has 2 nitrogen and oxygen atoms in total. The maximum atomic E-state index is 13.5. The molecule has 2 aromatic heterocycles. The van der Waals surface area contributed by atoms with Crippen molar-refractivity contribution in [2.75, 3.05) is 0 Å². The van der Waals surface area contributed by atoms with Gasteiger partial charge in [-0.2, -0.15) is 4.39 Å². The molecule has 0 saturated heterocycles. The minimum absolute atomic E-state index is 0.468. The van der Waals surface area contributed by atoms with Gasteiger partial charge in [-0.25, -0.2) is 4.98 Å². The molecule has 0 aliphatic carbocycles. The summed E-state index contributed by atoms with van der Waals surface area (Å²) in [6.45, 7) is 0. The smallest absolute Gasteiger partial charge is 0.220 e. The Balaban J connectivity index is 2.22. The lowest BCUT2D eigenvalue weighted by Gasteiger charge is -2.03. The second kappa shape index (κ2) is 3.94. The van der Waals surface area contributed by atoms with E-state index in [-0.39, 0.29) is 0 Å². The fraction of sp³-hybridized carbons (Fsp3) is 0. The van der Waals surface area contributed by atoms with Gasteiger partial charge >= 0.3 is 0 Å². The summed E-state index contributed by atoms with van der Waals surface area (Å²) < 4.78 is 13.5. The fourth-order valence-electron chi connectivity index (χ4n) is 1.82. The average molecular weight is 224 g/mol. The summed E-state index contributed by atoms with van der Waals surface area (Å²) >= 11 is 0. The fourth-order valence-corrected chi connectivity index (χ4v) is 1.82. The van der Waals surface area contributed by atoms with Crippen LogP contribution in [0.15, 0.2) is 54.9 Å². The number of rotatable bonds is 1. The number of hydrogen-bond donors (Lipinski definition) is 0. The van der Waals surface area contributed by atoms with Gasteiger partial charge in [-0.3, -0.25) is 4.98 Å². The predicted molar refractivity (Wildman–Crippen MR) is 64.9 cm³/mol. The van der Waals surface area contributed by atoms with E-state index in [4.69, 9.17) is 0 Å². The van der Waals surface area contributed by atoms with Gasteiger partial charge in [-0.15, -0.1) is 0 Å². The molecule has 1 aromatic carbocycles. The van der Waals surface area contributed by atoms with E-state index in [2.05, 4.69) is 9.97 Å². The van der Waals surface area contributed by atoms with E-state index in [0.29, 0.717) is 5.56 Å². The van der Waals surface area contributed by atoms with E-state index in [9.17, 15) is 4.39 Å². The molecule has 0 aliphatic heterocycles. The van der Waals surface area contributed by atoms with Crippen molar-refractivity contribution in [3.05, 3.63) is 60.8 Å². The number of pyridine rings is 2. The first-order chi connectivity index (χ1) is 8.34. The van der Waals surface area contributed by atoms with Crippen LogP contribution in [0.5, 0.6) is 0 Å². The van der Waals surface area contributed by atoms with Crippen molar-refractivity contribution in [2.45, 2.75) is 0 Å². The van der Waals surface area contributed by atoms with Gasteiger partial charge in [-0.05, 0) is 24.3 Å². The van der Waals surface area contributed by atoms with Crippen LogP contribution in [-0.2, 0) is 0 Å². The van der Waals surface area contributed by atoms with Crippen molar-refractivity contribution in [3.63, 3.8) is 0 Å². The van der Waals surface area contributed by atoms with E-state index in [1.165, 1.54) is 6.20 Å². The van der Waals surface area contributed by atoms with Gasteiger partial charge in [0.25, 0.3) is 0 Å². The lowest BCUT2D eigenvalue weighted by Crippen LogP contribution is -1.89. The Kier molecular flexibility index (Phi) is 2.29. The Morgan fingerprint density at radius 1 is 0.941 bits per heavy atom. The first-order valence-electron chi connectivity index (χ1n) is 5.30. The molecular formula is C14H9FN2. The highest BCUT2D eigenvalue weighted by Crippen LogP contribution is 2.23. The van der Waals surface area contributed by atoms with Crippen LogP contribution in [0.2, 0.25) is 0 Å². The Bertz CT molecular complexity index is 680. The lowest BCUT2D eigenvalue weighted by atomic mass is 10.1. The molecule has 3 rings (SSSR count). The van der Waals surface area contributed by atoms with Gasteiger partial charge in [0.2, 0.25) is 5.95 Å². The predicted octanol–water partition coefficient (Wildman–Crippen LogP) is 3.44. The van der Waals surface area contributed by atoms with Crippen LogP contribution < -0.4 is 0 Å². The van der Waals surface area contributed by atoms with E-state index in [1.807, 2.05) is 30.3 Å². The molecule has 3 aromatic rings. The summed E-state index contributed by atoms with van der Waals surface area (Å²) in [6.07, 6.45) is 3.11. The molecule has 3 heteroatoms. The first kappa shape index (κ1) is 9.90. The third kappa shape index (κ3) is 1.76. The molecule has 0 unspecified atom stereocenters. The van der Waals surface area contributed by atoms with Crippen molar-refractivity contribution in [2.24, 2.45) is 0 Å². The molecule has 0 saturated carbocycles. The topological polar surface area (TPSA) is 25.8 Å². The standard InChI is InChI=1S/C14H9FN2/c15-14-12(5-3-7-16-14)11-8-10-4-1-2-6-13(10)17-9-11/h1-9H. The zero-order chi connectivity index (χ0) is 11.7. The quantitative estimate of drug-likeness (QED) is 0.592. The molecule has 0 amide bonds. The van der Waals surface area contributed by atoms with Crippen molar-refractivity contribution in [1.82, 2.24) is 9.97 Å². The highest BCUT2D eigenvalue weighted by atomic mass is 19.1. The van der Waals surface area contributed by atoms with Gasteiger partial charge < -0.3 is 0 Å². The summed E-state index contributed by atoms with van der Waals surface area (Å²) in [6, 6.07) is 13.1. The third-order valence-electron chi connectivity index (χ3n) is 2.66. The van der Waals surface area contributed by atoms with Gasteiger partial charge in [0.05, 0.1) is 5.52 Å². The molecule has 17 heavy (non-hydrogen) atoms. The van der Waals surface area contributed by atoms with Gasteiger partial charge in [0.1, 0.15) is 0 Å². The van der Waals surface area contributed by atoms with Crippen molar-refractivity contribution in [3.8, 4) is 11.1 Å². The molecule has 0 radical (unpaired) electrons. The van der Waals surface area contributed by atoms with Gasteiger partial charge in [-0.1, -0.05) is 18.2 Å². The Morgan fingerprint density at radius 3 is 2.71 bits per heavy atom. The molecule has 0 fully saturated rings. The van der Waals surface area contributed by atoms with Crippen LogP contribution >= 0.6 is 0 Å². The number of fused-ring (bicyclic) bond motifs is 1. The van der Waals surface area contributed by atoms with Crippen LogP contribution in [0, 0.1) is 5.95 Å². The van der Waals surface area contributed by atoms with E-state index in [0.717, 1.165) is 16.5 Å². The Morgan fingerprint density at radius 2 is 1.82 bits per heavy atom. The molecule has 2 heterocycles. The molecular weight excluding hydrogens is 215 g/mol.